The van der Waals surface area contributed by atoms with E-state index in [2.05, 4.69) is 36.7 Å². The van der Waals surface area contributed by atoms with Crippen molar-refractivity contribution in [3.05, 3.63) is 45.0 Å². The second kappa shape index (κ2) is 6.29. The highest BCUT2D eigenvalue weighted by atomic mass is 32.1. The number of carbonyl (C=O) groups is 1. The zero-order valence-electron chi connectivity index (χ0n) is 15.1. The standard InChI is InChI=1S/C20H25NO3S/c1-12-8-14-15(10-20(2,3)11-17(14)24-12)21-18(22)9-16-19-13(4-6-23-16)5-7-25-19/h5,7-8,15-16H,4,6,9-11H2,1-3H3,(H,21,22)/t15-,16+/m0/s1. The number of rotatable bonds is 3. The smallest absolute Gasteiger partial charge is 0.223 e. The van der Waals surface area contributed by atoms with Crippen molar-refractivity contribution >= 4 is 17.2 Å². The molecule has 5 heteroatoms. The highest BCUT2D eigenvalue weighted by Gasteiger charge is 2.36. The van der Waals surface area contributed by atoms with Crippen molar-refractivity contribution in [2.75, 3.05) is 6.61 Å². The summed E-state index contributed by atoms with van der Waals surface area (Å²) >= 11 is 1.69. The Kier molecular flexibility index (Phi) is 4.24. The summed E-state index contributed by atoms with van der Waals surface area (Å²) in [5, 5.41) is 5.33. The van der Waals surface area contributed by atoms with Gasteiger partial charge in [0.05, 0.1) is 19.1 Å². The molecule has 2 aromatic rings. The molecule has 25 heavy (non-hydrogen) atoms. The van der Waals surface area contributed by atoms with Crippen LogP contribution >= 0.6 is 11.3 Å². The number of furan rings is 1. The Hall–Kier alpha value is -1.59. The first-order valence-corrected chi connectivity index (χ1v) is 9.86. The van der Waals surface area contributed by atoms with Gasteiger partial charge in [-0.15, -0.1) is 11.3 Å². The van der Waals surface area contributed by atoms with E-state index in [1.807, 2.05) is 6.92 Å². The van der Waals surface area contributed by atoms with Gasteiger partial charge in [0.15, 0.2) is 0 Å². The SMILES string of the molecule is Cc1cc2c(o1)CC(C)(C)C[C@@H]2NC(=O)C[C@H]1OCCc2ccsc21. The molecule has 2 atom stereocenters. The molecule has 0 saturated heterocycles. The molecule has 1 aliphatic carbocycles. The Morgan fingerprint density at radius 1 is 1.44 bits per heavy atom. The van der Waals surface area contributed by atoms with Crippen LogP contribution in [0, 0.1) is 12.3 Å². The average Bonchev–Trinajstić information content (AvgIpc) is 3.12. The van der Waals surface area contributed by atoms with Crippen molar-refractivity contribution in [1.29, 1.82) is 0 Å². The van der Waals surface area contributed by atoms with Gasteiger partial charge >= 0.3 is 0 Å². The highest BCUT2D eigenvalue weighted by molar-refractivity contribution is 7.10. The fourth-order valence-electron chi connectivity index (χ4n) is 4.11. The normalized spacial score (nSPS) is 24.4. The van der Waals surface area contributed by atoms with E-state index in [1.165, 1.54) is 10.4 Å². The zero-order chi connectivity index (χ0) is 17.6. The summed E-state index contributed by atoms with van der Waals surface area (Å²) in [5.74, 6) is 1.99. The van der Waals surface area contributed by atoms with Crippen molar-refractivity contribution in [2.45, 2.75) is 58.6 Å². The van der Waals surface area contributed by atoms with Crippen molar-refractivity contribution in [1.82, 2.24) is 5.32 Å². The van der Waals surface area contributed by atoms with Crippen LogP contribution in [0.1, 0.15) is 66.4 Å². The predicted octanol–water partition coefficient (Wildman–Crippen LogP) is 4.48. The summed E-state index contributed by atoms with van der Waals surface area (Å²) in [6.07, 6.45) is 3.08. The fraction of sp³-hybridized carbons (Fsp3) is 0.550. The van der Waals surface area contributed by atoms with Gasteiger partial charge in [-0.3, -0.25) is 4.79 Å². The molecule has 4 nitrogen and oxygen atoms in total. The van der Waals surface area contributed by atoms with Gasteiger partial charge in [-0.1, -0.05) is 13.8 Å². The monoisotopic (exact) mass is 359 g/mol. The lowest BCUT2D eigenvalue weighted by Crippen LogP contribution is -2.36. The molecular weight excluding hydrogens is 334 g/mol. The molecule has 1 aliphatic heterocycles. The molecule has 3 heterocycles. The van der Waals surface area contributed by atoms with E-state index in [4.69, 9.17) is 9.15 Å². The minimum absolute atomic E-state index is 0.0232. The van der Waals surface area contributed by atoms with E-state index >= 15 is 0 Å². The molecule has 0 bridgehead atoms. The van der Waals surface area contributed by atoms with Gasteiger partial charge in [-0.05, 0) is 48.3 Å². The number of hydrogen-bond donors (Lipinski definition) is 1. The Bertz CT molecular complexity index is 789. The molecule has 2 aromatic heterocycles. The molecule has 0 spiro atoms. The van der Waals surface area contributed by atoms with Crippen molar-refractivity contribution in [3.8, 4) is 0 Å². The third kappa shape index (κ3) is 3.40. The van der Waals surface area contributed by atoms with Gasteiger partial charge in [0.25, 0.3) is 0 Å². The van der Waals surface area contributed by atoms with E-state index in [9.17, 15) is 4.79 Å². The average molecular weight is 359 g/mol. The molecule has 4 rings (SSSR count). The number of thiophene rings is 1. The minimum atomic E-state index is -0.106. The number of fused-ring (bicyclic) bond motifs is 2. The summed E-state index contributed by atoms with van der Waals surface area (Å²) in [6.45, 7) is 7.13. The maximum Gasteiger partial charge on any atom is 0.223 e. The second-order valence-corrected chi connectivity index (χ2v) is 8.97. The highest BCUT2D eigenvalue weighted by Crippen LogP contribution is 2.42. The third-order valence-corrected chi connectivity index (χ3v) is 6.26. The van der Waals surface area contributed by atoms with E-state index in [0.717, 1.165) is 36.3 Å². The Morgan fingerprint density at radius 2 is 2.28 bits per heavy atom. The number of nitrogens with one attached hydrogen (secondary N) is 1. The maximum absolute atomic E-state index is 12.7. The van der Waals surface area contributed by atoms with Gasteiger partial charge in [-0.2, -0.15) is 0 Å². The van der Waals surface area contributed by atoms with Crippen LogP contribution in [0.4, 0.5) is 0 Å². The topological polar surface area (TPSA) is 51.5 Å². The van der Waals surface area contributed by atoms with Crippen molar-refractivity contribution in [2.24, 2.45) is 5.41 Å². The Balaban J connectivity index is 1.48. The first kappa shape index (κ1) is 16.9. The van der Waals surface area contributed by atoms with Gasteiger partial charge in [0, 0.05) is 16.9 Å². The van der Waals surface area contributed by atoms with E-state index in [-0.39, 0.29) is 23.5 Å². The maximum atomic E-state index is 12.7. The van der Waals surface area contributed by atoms with Crippen LogP contribution in [-0.4, -0.2) is 12.5 Å². The number of hydrogen-bond acceptors (Lipinski definition) is 4. The summed E-state index contributed by atoms with van der Waals surface area (Å²) in [7, 11) is 0. The third-order valence-electron chi connectivity index (χ3n) is 5.21. The van der Waals surface area contributed by atoms with Crippen LogP contribution < -0.4 is 5.32 Å². The van der Waals surface area contributed by atoms with E-state index < -0.39 is 0 Å². The quantitative estimate of drug-likeness (QED) is 0.879. The van der Waals surface area contributed by atoms with E-state index in [1.54, 1.807) is 11.3 Å². The molecule has 0 fully saturated rings. The lowest BCUT2D eigenvalue weighted by atomic mass is 9.74. The molecule has 1 amide bonds. The molecule has 0 aromatic carbocycles. The summed E-state index contributed by atoms with van der Waals surface area (Å²) < 4.78 is 11.7. The molecule has 134 valence electrons. The number of amides is 1. The largest absolute Gasteiger partial charge is 0.466 e. The Labute approximate surface area is 152 Å². The minimum Gasteiger partial charge on any atom is -0.466 e. The van der Waals surface area contributed by atoms with E-state index in [0.29, 0.717) is 13.0 Å². The van der Waals surface area contributed by atoms with Gasteiger partial charge in [-0.25, -0.2) is 0 Å². The van der Waals surface area contributed by atoms with Crippen LogP contribution in [0.2, 0.25) is 0 Å². The predicted molar refractivity (Wildman–Crippen MR) is 97.8 cm³/mol. The fourth-order valence-corrected chi connectivity index (χ4v) is 5.11. The summed E-state index contributed by atoms with van der Waals surface area (Å²) in [4.78, 5) is 13.9. The van der Waals surface area contributed by atoms with Crippen molar-refractivity contribution < 1.29 is 13.9 Å². The number of carbonyl (C=O) groups excluding carboxylic acids is 1. The molecule has 0 saturated carbocycles. The molecule has 1 N–H and O–H groups in total. The summed E-state index contributed by atoms with van der Waals surface area (Å²) in [6, 6.07) is 4.25. The second-order valence-electron chi connectivity index (χ2n) is 8.02. The van der Waals surface area contributed by atoms with Crippen LogP contribution in [0.15, 0.2) is 21.9 Å². The van der Waals surface area contributed by atoms with Gasteiger partial charge < -0.3 is 14.5 Å². The Morgan fingerprint density at radius 3 is 3.12 bits per heavy atom. The molecular formula is C20H25NO3S. The molecule has 2 aliphatic rings. The molecule has 0 unspecified atom stereocenters. The van der Waals surface area contributed by atoms with Crippen LogP contribution in [0.5, 0.6) is 0 Å². The lowest BCUT2D eigenvalue weighted by molar-refractivity contribution is -0.125. The molecule has 0 radical (unpaired) electrons. The summed E-state index contributed by atoms with van der Waals surface area (Å²) in [5.41, 5.74) is 2.60. The van der Waals surface area contributed by atoms with Gasteiger partial charge in [0.2, 0.25) is 5.91 Å². The number of ether oxygens (including phenoxy) is 1. The first-order valence-electron chi connectivity index (χ1n) is 8.98. The number of aryl methyl sites for hydroxylation is 1. The van der Waals surface area contributed by atoms with Gasteiger partial charge in [0.1, 0.15) is 17.6 Å². The van der Waals surface area contributed by atoms with Crippen LogP contribution in [0.25, 0.3) is 0 Å². The first-order chi connectivity index (χ1) is 11.9. The van der Waals surface area contributed by atoms with Crippen LogP contribution in [0.3, 0.4) is 0 Å². The zero-order valence-corrected chi connectivity index (χ0v) is 15.9. The lowest BCUT2D eigenvalue weighted by Gasteiger charge is -2.35. The van der Waals surface area contributed by atoms with Crippen LogP contribution in [-0.2, 0) is 22.4 Å². The van der Waals surface area contributed by atoms with Crippen molar-refractivity contribution in [3.63, 3.8) is 0 Å².